The Labute approximate surface area is 250 Å². The fourth-order valence-electron chi connectivity index (χ4n) is 4.18. The molecule has 11 heteroatoms. The molecule has 41 heavy (non-hydrogen) atoms. The lowest BCUT2D eigenvalue weighted by atomic mass is 10.1. The molecule has 0 spiro atoms. The molecule has 0 fully saturated rings. The molecule has 0 aromatic heterocycles. The number of anilines is 1. The molecule has 0 bridgehead atoms. The molecule has 0 radical (unpaired) electrons. The fourth-order valence-corrected chi connectivity index (χ4v) is 6.05. The predicted molar refractivity (Wildman–Crippen MR) is 163 cm³/mol. The molecule has 3 aromatic carbocycles. The van der Waals surface area contributed by atoms with Crippen molar-refractivity contribution >= 4 is 43.5 Å². The third-order valence-corrected chi connectivity index (χ3v) is 8.77. The molecule has 0 heterocycles. The Hall–Kier alpha value is -3.57. The van der Waals surface area contributed by atoms with Crippen molar-refractivity contribution in [2.24, 2.45) is 0 Å². The number of carbonyl (C=O) groups is 2. The second-order valence-electron chi connectivity index (χ2n) is 9.34. The number of amides is 2. The van der Waals surface area contributed by atoms with Gasteiger partial charge in [-0.3, -0.25) is 13.9 Å². The number of hydrogen-bond acceptors (Lipinski definition) is 6. The number of rotatable bonds is 14. The lowest BCUT2D eigenvalue weighted by Gasteiger charge is -2.32. The summed E-state index contributed by atoms with van der Waals surface area (Å²) in [4.78, 5) is 28.4. The molecule has 0 saturated carbocycles. The maximum Gasteiger partial charge on any atom is 0.264 e. The Morgan fingerprint density at radius 2 is 1.66 bits per heavy atom. The summed E-state index contributed by atoms with van der Waals surface area (Å²) < 4.78 is 40.5. The molecule has 0 unspecified atom stereocenters. The van der Waals surface area contributed by atoms with E-state index in [0.717, 1.165) is 27.2 Å². The number of halogens is 1. The van der Waals surface area contributed by atoms with Crippen molar-refractivity contribution in [1.29, 1.82) is 0 Å². The van der Waals surface area contributed by atoms with Gasteiger partial charge in [-0.25, -0.2) is 8.42 Å². The van der Waals surface area contributed by atoms with E-state index >= 15 is 0 Å². The molecule has 3 aromatic rings. The van der Waals surface area contributed by atoms with Crippen LogP contribution in [-0.4, -0.2) is 58.5 Å². The highest BCUT2D eigenvalue weighted by molar-refractivity contribution is 9.10. The largest absolute Gasteiger partial charge is 0.493 e. The first-order valence-corrected chi connectivity index (χ1v) is 15.5. The van der Waals surface area contributed by atoms with Crippen LogP contribution in [0.3, 0.4) is 0 Å². The summed E-state index contributed by atoms with van der Waals surface area (Å²) in [6.45, 7) is 3.74. The van der Waals surface area contributed by atoms with Crippen molar-refractivity contribution in [1.82, 2.24) is 10.2 Å². The molecule has 2 amide bonds. The fraction of sp³-hybridized carbons (Fsp3) is 0.333. The van der Waals surface area contributed by atoms with Gasteiger partial charge >= 0.3 is 0 Å². The number of unbranched alkanes of at least 4 members (excludes halogenated alkanes) is 1. The van der Waals surface area contributed by atoms with Crippen molar-refractivity contribution in [2.75, 3.05) is 31.6 Å². The van der Waals surface area contributed by atoms with Gasteiger partial charge in [0, 0.05) is 23.6 Å². The molecule has 1 N–H and O–H groups in total. The Bertz CT molecular complexity index is 1440. The molecule has 1 atom stereocenters. The van der Waals surface area contributed by atoms with E-state index < -0.39 is 28.5 Å². The minimum absolute atomic E-state index is 0.0734. The van der Waals surface area contributed by atoms with Crippen LogP contribution in [0.2, 0.25) is 0 Å². The summed E-state index contributed by atoms with van der Waals surface area (Å²) in [6, 6.07) is 19.2. The molecular formula is C30H36BrN3O6S. The highest BCUT2D eigenvalue weighted by atomic mass is 79.9. The molecule has 0 saturated heterocycles. The van der Waals surface area contributed by atoms with Crippen LogP contribution in [0.1, 0.15) is 32.3 Å². The van der Waals surface area contributed by atoms with Crippen LogP contribution in [0, 0.1) is 0 Å². The number of carbonyl (C=O) groups excluding carboxylic acids is 2. The van der Waals surface area contributed by atoms with E-state index in [1.807, 2.05) is 31.2 Å². The predicted octanol–water partition coefficient (Wildman–Crippen LogP) is 5.00. The number of hydrogen-bond donors (Lipinski definition) is 1. The lowest BCUT2D eigenvalue weighted by molar-refractivity contribution is -0.139. The summed E-state index contributed by atoms with van der Waals surface area (Å²) in [5.41, 5.74) is 1.09. The van der Waals surface area contributed by atoms with E-state index in [4.69, 9.17) is 9.47 Å². The van der Waals surface area contributed by atoms with Crippen molar-refractivity contribution in [3.8, 4) is 11.5 Å². The smallest absolute Gasteiger partial charge is 0.264 e. The first-order chi connectivity index (χ1) is 19.6. The SMILES string of the molecule is CCCCNC(=O)[C@@H](C)N(Cc1cccc(Br)c1)C(=O)CN(c1ccccc1)S(=O)(=O)c1ccc(OC)c(OC)c1. The van der Waals surface area contributed by atoms with Gasteiger partial charge in [0.15, 0.2) is 11.5 Å². The van der Waals surface area contributed by atoms with Crippen molar-refractivity contribution in [3.63, 3.8) is 0 Å². The van der Waals surface area contributed by atoms with Crippen LogP contribution >= 0.6 is 15.9 Å². The number of ether oxygens (including phenoxy) is 2. The van der Waals surface area contributed by atoms with Crippen molar-refractivity contribution < 1.29 is 27.5 Å². The zero-order valence-electron chi connectivity index (χ0n) is 23.7. The first kappa shape index (κ1) is 32.0. The van der Waals surface area contributed by atoms with Gasteiger partial charge in [0.05, 0.1) is 24.8 Å². The van der Waals surface area contributed by atoms with Crippen LogP contribution in [-0.2, 0) is 26.2 Å². The van der Waals surface area contributed by atoms with Gasteiger partial charge in [-0.2, -0.15) is 0 Å². The van der Waals surface area contributed by atoms with Crippen LogP contribution in [0.15, 0.2) is 82.2 Å². The standard InChI is InChI=1S/C30H36BrN3O6S/c1-5-6-17-32-30(36)22(2)33(20-23-11-10-12-24(31)18-23)29(35)21-34(25-13-8-7-9-14-25)41(37,38)26-15-16-27(39-3)28(19-26)40-4/h7-16,18-19,22H,5-6,17,20-21H2,1-4H3,(H,32,36)/t22-/m1/s1. The van der Waals surface area contributed by atoms with Gasteiger partial charge in [-0.15, -0.1) is 0 Å². The van der Waals surface area contributed by atoms with E-state index in [0.29, 0.717) is 18.0 Å². The molecular weight excluding hydrogens is 610 g/mol. The van der Waals surface area contributed by atoms with Gasteiger partial charge in [-0.1, -0.05) is 59.6 Å². The second-order valence-corrected chi connectivity index (χ2v) is 12.1. The normalized spacial score (nSPS) is 11.8. The average molecular weight is 647 g/mol. The highest BCUT2D eigenvalue weighted by Crippen LogP contribution is 2.32. The van der Waals surface area contributed by atoms with Crippen molar-refractivity contribution in [3.05, 3.63) is 82.8 Å². The zero-order valence-corrected chi connectivity index (χ0v) is 26.1. The quantitative estimate of drug-likeness (QED) is 0.248. The number of nitrogens with one attached hydrogen (secondary N) is 1. The molecule has 9 nitrogen and oxygen atoms in total. The van der Waals surface area contributed by atoms with E-state index in [9.17, 15) is 18.0 Å². The summed E-state index contributed by atoms with van der Waals surface area (Å²) in [5, 5.41) is 2.88. The van der Waals surface area contributed by atoms with Crippen LogP contribution in [0.4, 0.5) is 5.69 Å². The van der Waals surface area contributed by atoms with Gasteiger partial charge in [-0.05, 0) is 55.3 Å². The third kappa shape index (κ3) is 8.23. The average Bonchev–Trinajstić information content (AvgIpc) is 2.98. The van der Waals surface area contributed by atoms with Crippen LogP contribution < -0.4 is 19.1 Å². The second kappa shape index (κ2) is 14.9. The highest BCUT2D eigenvalue weighted by Gasteiger charge is 2.33. The Balaban J connectivity index is 2.01. The van der Waals surface area contributed by atoms with E-state index in [2.05, 4.69) is 21.2 Å². The monoisotopic (exact) mass is 645 g/mol. The third-order valence-electron chi connectivity index (χ3n) is 6.50. The van der Waals surface area contributed by atoms with Gasteiger partial charge in [0.25, 0.3) is 10.0 Å². The Kier molecular flexibility index (Phi) is 11.6. The number of sulfonamides is 1. The zero-order chi connectivity index (χ0) is 30.0. The lowest BCUT2D eigenvalue weighted by Crippen LogP contribution is -2.51. The Morgan fingerprint density at radius 3 is 2.29 bits per heavy atom. The van der Waals surface area contributed by atoms with Crippen LogP contribution in [0.25, 0.3) is 0 Å². The number of methoxy groups -OCH3 is 2. The summed E-state index contributed by atoms with van der Waals surface area (Å²) >= 11 is 3.45. The summed E-state index contributed by atoms with van der Waals surface area (Å²) in [6.07, 6.45) is 1.72. The van der Waals surface area contributed by atoms with Crippen LogP contribution in [0.5, 0.6) is 11.5 Å². The summed E-state index contributed by atoms with van der Waals surface area (Å²) in [7, 11) is -1.37. The number of nitrogens with zero attached hydrogens (tertiary/aromatic N) is 2. The summed E-state index contributed by atoms with van der Waals surface area (Å²) in [5.74, 6) is -0.231. The van der Waals surface area contributed by atoms with Gasteiger partial charge < -0.3 is 19.7 Å². The van der Waals surface area contributed by atoms with Gasteiger partial charge in [0.1, 0.15) is 12.6 Å². The van der Waals surface area contributed by atoms with Crippen molar-refractivity contribution in [2.45, 2.75) is 44.2 Å². The van der Waals surface area contributed by atoms with Gasteiger partial charge in [0.2, 0.25) is 11.8 Å². The molecule has 0 aliphatic heterocycles. The minimum Gasteiger partial charge on any atom is -0.493 e. The minimum atomic E-state index is -4.24. The molecule has 220 valence electrons. The molecule has 0 aliphatic rings. The Morgan fingerprint density at radius 1 is 0.951 bits per heavy atom. The first-order valence-electron chi connectivity index (χ1n) is 13.2. The number of benzene rings is 3. The maximum absolute atomic E-state index is 14.0. The maximum atomic E-state index is 14.0. The van der Waals surface area contributed by atoms with E-state index in [1.165, 1.54) is 37.3 Å². The topological polar surface area (TPSA) is 105 Å². The van der Waals surface area contributed by atoms with E-state index in [1.54, 1.807) is 37.3 Å². The van der Waals surface area contributed by atoms with E-state index in [-0.39, 0.29) is 23.1 Å². The number of para-hydroxylation sites is 1. The molecule has 0 aliphatic carbocycles. The molecule has 3 rings (SSSR count).